The molecule has 28 heavy (non-hydrogen) atoms. The second-order valence-corrected chi connectivity index (χ2v) is 9.65. The zero-order valence-corrected chi connectivity index (χ0v) is 17.3. The minimum absolute atomic E-state index is 0.0402. The summed E-state index contributed by atoms with van der Waals surface area (Å²) < 4.78 is 30.4. The molecule has 0 unspecified atom stereocenters. The molecule has 0 spiro atoms. The molecular weight excluding hydrogens is 400 g/mol. The molecule has 1 aromatic heterocycles. The number of aromatic nitrogens is 2. The van der Waals surface area contributed by atoms with Crippen molar-refractivity contribution in [3.8, 4) is 0 Å². The second kappa shape index (κ2) is 7.50. The number of carbonyl (C=O) groups excluding carboxylic acids is 1. The van der Waals surface area contributed by atoms with E-state index in [9.17, 15) is 13.2 Å². The van der Waals surface area contributed by atoms with Crippen molar-refractivity contribution < 1.29 is 13.2 Å². The summed E-state index contributed by atoms with van der Waals surface area (Å²) in [6.07, 6.45) is 5.91. The number of nitrogens with one attached hydrogen (secondary N) is 1. The first-order chi connectivity index (χ1) is 13.4. The number of anilines is 1. The maximum Gasteiger partial charge on any atom is 0.243 e. The van der Waals surface area contributed by atoms with Gasteiger partial charge in [-0.2, -0.15) is 9.40 Å². The van der Waals surface area contributed by atoms with Crippen LogP contribution in [0.1, 0.15) is 49.4 Å². The van der Waals surface area contributed by atoms with Gasteiger partial charge in [0, 0.05) is 25.7 Å². The molecule has 4 rings (SSSR count). The van der Waals surface area contributed by atoms with Crippen LogP contribution in [0.2, 0.25) is 5.02 Å². The Balaban J connectivity index is 1.75. The van der Waals surface area contributed by atoms with Gasteiger partial charge in [-0.15, -0.1) is 0 Å². The minimum Gasteiger partial charge on any atom is -0.326 e. The van der Waals surface area contributed by atoms with Crippen LogP contribution in [0.5, 0.6) is 0 Å². The lowest BCUT2D eigenvalue weighted by molar-refractivity contribution is -0.116. The van der Waals surface area contributed by atoms with Gasteiger partial charge >= 0.3 is 0 Å². The average molecular weight is 423 g/mol. The fraction of sp³-hybridized carbons (Fsp3) is 0.474. The number of hydrogen-bond donors (Lipinski definition) is 1. The Labute approximate surface area is 169 Å². The predicted octanol–water partition coefficient (Wildman–Crippen LogP) is 3.26. The molecule has 0 saturated carbocycles. The molecule has 2 aromatic rings. The molecule has 0 radical (unpaired) electrons. The van der Waals surface area contributed by atoms with Crippen LogP contribution < -0.4 is 5.32 Å². The fourth-order valence-corrected chi connectivity index (χ4v) is 6.10. The van der Waals surface area contributed by atoms with Crippen LogP contribution in [0.3, 0.4) is 0 Å². The van der Waals surface area contributed by atoms with E-state index in [0.717, 1.165) is 30.5 Å². The van der Waals surface area contributed by atoms with Gasteiger partial charge in [-0.1, -0.05) is 24.4 Å². The van der Waals surface area contributed by atoms with Crippen molar-refractivity contribution in [2.24, 2.45) is 7.05 Å². The summed E-state index contributed by atoms with van der Waals surface area (Å²) in [7, 11) is -1.93. The van der Waals surface area contributed by atoms with Gasteiger partial charge in [-0.05, 0) is 43.0 Å². The lowest BCUT2D eigenvalue weighted by atomic mass is 10.0. The number of aryl methyl sites for hydroxylation is 2. The summed E-state index contributed by atoms with van der Waals surface area (Å²) in [5.41, 5.74) is 2.28. The number of nitrogens with zero attached hydrogens (tertiary/aromatic N) is 3. The van der Waals surface area contributed by atoms with Crippen LogP contribution in [0, 0.1) is 0 Å². The Morgan fingerprint density at radius 1 is 1.21 bits per heavy atom. The summed E-state index contributed by atoms with van der Waals surface area (Å²) in [6, 6.07) is 4.61. The minimum atomic E-state index is -3.72. The smallest absolute Gasteiger partial charge is 0.243 e. The molecule has 0 aliphatic carbocycles. The largest absolute Gasteiger partial charge is 0.326 e. The SMILES string of the molecule is Cn1ncc(Cl)c1[C@H]1CCCCCN1S(=O)(=O)c1ccc2c(c1)CCC(=O)N2. The molecule has 9 heteroatoms. The van der Waals surface area contributed by atoms with Gasteiger partial charge in [0.25, 0.3) is 0 Å². The van der Waals surface area contributed by atoms with Gasteiger partial charge in [0.2, 0.25) is 15.9 Å². The van der Waals surface area contributed by atoms with Crippen molar-refractivity contribution in [1.82, 2.24) is 14.1 Å². The number of sulfonamides is 1. The second-order valence-electron chi connectivity index (χ2n) is 7.35. The van der Waals surface area contributed by atoms with E-state index in [4.69, 9.17) is 11.6 Å². The Hall–Kier alpha value is -1.90. The molecule has 2 aliphatic heterocycles. The molecule has 2 aliphatic rings. The van der Waals surface area contributed by atoms with Crippen molar-refractivity contribution in [3.05, 3.63) is 40.7 Å². The molecular formula is C19H23ClN4O3S. The first kappa shape index (κ1) is 19.4. The third kappa shape index (κ3) is 3.44. The molecule has 0 bridgehead atoms. The predicted molar refractivity (Wildman–Crippen MR) is 107 cm³/mol. The molecule has 3 heterocycles. The molecule has 1 amide bonds. The number of fused-ring (bicyclic) bond motifs is 1. The number of amides is 1. The van der Waals surface area contributed by atoms with Crippen LogP contribution >= 0.6 is 11.6 Å². The van der Waals surface area contributed by atoms with Gasteiger partial charge in [-0.3, -0.25) is 9.48 Å². The topological polar surface area (TPSA) is 84.3 Å². The lowest BCUT2D eigenvalue weighted by Crippen LogP contribution is -2.36. The zero-order chi connectivity index (χ0) is 19.9. The summed E-state index contributed by atoms with van der Waals surface area (Å²) in [4.78, 5) is 11.8. The third-order valence-corrected chi connectivity index (χ3v) is 7.73. The van der Waals surface area contributed by atoms with Gasteiger partial charge in [-0.25, -0.2) is 8.42 Å². The summed E-state index contributed by atoms with van der Waals surface area (Å²) >= 11 is 6.36. The molecule has 1 fully saturated rings. The van der Waals surface area contributed by atoms with Gasteiger partial charge < -0.3 is 5.32 Å². The standard InChI is InChI=1S/C19H23ClN4O3S/c1-23-19(15(20)12-21-23)17-5-3-2-4-10-24(17)28(26,27)14-7-8-16-13(11-14)6-9-18(25)22-16/h7-8,11-12,17H,2-6,9-10H2,1H3,(H,22,25)/t17-/m1/s1. The Morgan fingerprint density at radius 2 is 2.04 bits per heavy atom. The van der Waals surface area contributed by atoms with E-state index in [1.807, 2.05) is 0 Å². The van der Waals surface area contributed by atoms with E-state index in [0.29, 0.717) is 36.5 Å². The van der Waals surface area contributed by atoms with Crippen molar-refractivity contribution in [1.29, 1.82) is 0 Å². The molecule has 1 saturated heterocycles. The van der Waals surface area contributed by atoms with Crippen molar-refractivity contribution in [3.63, 3.8) is 0 Å². The van der Waals surface area contributed by atoms with Gasteiger partial charge in [0.15, 0.2) is 0 Å². The quantitative estimate of drug-likeness (QED) is 0.822. The fourth-order valence-electron chi connectivity index (χ4n) is 4.09. The van der Waals surface area contributed by atoms with Crippen LogP contribution in [-0.2, 0) is 28.3 Å². The zero-order valence-electron chi connectivity index (χ0n) is 15.7. The van der Waals surface area contributed by atoms with Crippen molar-refractivity contribution in [2.75, 3.05) is 11.9 Å². The Morgan fingerprint density at radius 3 is 2.79 bits per heavy atom. The van der Waals surface area contributed by atoms with E-state index >= 15 is 0 Å². The van der Waals surface area contributed by atoms with Crippen LogP contribution in [0.4, 0.5) is 5.69 Å². The van der Waals surface area contributed by atoms with Crippen molar-refractivity contribution >= 4 is 33.2 Å². The van der Waals surface area contributed by atoms with Gasteiger partial charge in [0.05, 0.1) is 27.9 Å². The third-order valence-electron chi connectivity index (χ3n) is 5.54. The highest BCUT2D eigenvalue weighted by molar-refractivity contribution is 7.89. The highest BCUT2D eigenvalue weighted by atomic mass is 35.5. The van der Waals surface area contributed by atoms with E-state index in [2.05, 4.69) is 10.4 Å². The Kier molecular flexibility index (Phi) is 5.20. The molecule has 150 valence electrons. The van der Waals surface area contributed by atoms with Gasteiger partial charge in [0.1, 0.15) is 0 Å². The maximum atomic E-state index is 13.6. The monoisotopic (exact) mass is 422 g/mol. The van der Waals surface area contributed by atoms with E-state index < -0.39 is 10.0 Å². The molecule has 1 N–H and O–H groups in total. The lowest BCUT2D eigenvalue weighted by Gasteiger charge is -2.30. The van der Waals surface area contributed by atoms with Crippen LogP contribution in [-0.4, -0.2) is 35.0 Å². The van der Waals surface area contributed by atoms with Crippen molar-refractivity contribution in [2.45, 2.75) is 49.5 Å². The number of benzene rings is 1. The highest BCUT2D eigenvalue weighted by Gasteiger charge is 2.36. The average Bonchev–Trinajstić information content (AvgIpc) is 2.86. The number of rotatable bonds is 3. The first-order valence-corrected chi connectivity index (χ1v) is 11.3. The summed E-state index contributed by atoms with van der Waals surface area (Å²) in [5, 5.41) is 7.49. The van der Waals surface area contributed by atoms with Crippen LogP contribution in [0.15, 0.2) is 29.3 Å². The summed E-state index contributed by atoms with van der Waals surface area (Å²) in [6.45, 7) is 0.447. The Bertz CT molecular complexity index is 999. The number of carbonyl (C=O) groups is 1. The first-order valence-electron chi connectivity index (χ1n) is 9.50. The number of halogens is 1. The molecule has 7 nitrogen and oxygen atoms in total. The molecule has 1 aromatic carbocycles. The normalized spacial score (nSPS) is 21.1. The number of hydrogen-bond acceptors (Lipinski definition) is 4. The van der Waals surface area contributed by atoms with E-state index in [-0.39, 0.29) is 16.8 Å². The molecule has 1 atom stereocenters. The summed E-state index contributed by atoms with van der Waals surface area (Å²) in [5.74, 6) is -0.0402. The van der Waals surface area contributed by atoms with Crippen LogP contribution in [0.25, 0.3) is 0 Å². The van der Waals surface area contributed by atoms with E-state index in [1.54, 1.807) is 40.4 Å². The van der Waals surface area contributed by atoms with E-state index in [1.165, 1.54) is 0 Å². The highest BCUT2D eigenvalue weighted by Crippen LogP contribution is 2.38. The maximum absolute atomic E-state index is 13.6.